The Bertz CT molecular complexity index is 827. The van der Waals surface area contributed by atoms with Gasteiger partial charge < -0.3 is 11.1 Å². The molecular weight excluding hydrogens is 262 g/mol. The number of fused-ring (bicyclic) bond motifs is 1. The fourth-order valence-electron chi connectivity index (χ4n) is 2.24. The number of hydrogen-bond donors (Lipinski definition) is 2. The molecule has 0 atom stereocenters. The first-order chi connectivity index (χ1) is 10.1. The molecule has 104 valence electrons. The largest absolute Gasteiger partial charge is 0.399 e. The number of pyridine rings is 1. The van der Waals surface area contributed by atoms with Gasteiger partial charge in [-0.25, -0.2) is 0 Å². The molecular formula is C17H15N3O. The van der Waals surface area contributed by atoms with Crippen molar-refractivity contribution in [2.24, 2.45) is 0 Å². The van der Waals surface area contributed by atoms with Gasteiger partial charge in [0.25, 0.3) is 5.91 Å². The van der Waals surface area contributed by atoms with Crippen LogP contribution in [0.1, 0.15) is 15.9 Å². The third-order valence-corrected chi connectivity index (χ3v) is 3.36. The van der Waals surface area contributed by atoms with Crippen LogP contribution in [-0.2, 0) is 0 Å². The Balaban J connectivity index is 1.89. The Morgan fingerprint density at radius 1 is 1.14 bits per heavy atom. The molecule has 21 heavy (non-hydrogen) atoms. The lowest BCUT2D eigenvalue weighted by Gasteiger charge is -2.09. The first-order valence-electron chi connectivity index (χ1n) is 6.66. The quantitative estimate of drug-likeness (QED) is 0.706. The standard InChI is InChI=1S/C17H15N3O/c1-11-9-14(18)5-7-15(11)20-17(21)13-4-6-16-12(10-13)3-2-8-19-16/h2-10H,18H2,1H3,(H,20,21). The zero-order valence-corrected chi connectivity index (χ0v) is 11.6. The van der Waals surface area contributed by atoms with Gasteiger partial charge in [-0.1, -0.05) is 6.07 Å². The third kappa shape index (κ3) is 2.69. The lowest BCUT2D eigenvalue weighted by Crippen LogP contribution is -2.12. The molecule has 0 fully saturated rings. The van der Waals surface area contributed by atoms with Crippen LogP contribution in [-0.4, -0.2) is 10.9 Å². The first-order valence-corrected chi connectivity index (χ1v) is 6.66. The number of benzene rings is 2. The van der Waals surface area contributed by atoms with Gasteiger partial charge in [0.1, 0.15) is 0 Å². The van der Waals surface area contributed by atoms with E-state index < -0.39 is 0 Å². The molecule has 0 aliphatic carbocycles. The molecule has 1 amide bonds. The van der Waals surface area contributed by atoms with Gasteiger partial charge in [0.05, 0.1) is 5.52 Å². The molecule has 4 heteroatoms. The maximum atomic E-state index is 12.3. The summed E-state index contributed by atoms with van der Waals surface area (Å²) in [4.78, 5) is 16.6. The van der Waals surface area contributed by atoms with Crippen LogP contribution in [0.3, 0.4) is 0 Å². The fourth-order valence-corrected chi connectivity index (χ4v) is 2.24. The highest BCUT2D eigenvalue weighted by atomic mass is 16.1. The molecule has 4 nitrogen and oxygen atoms in total. The SMILES string of the molecule is Cc1cc(N)ccc1NC(=O)c1ccc2ncccc2c1. The van der Waals surface area contributed by atoms with E-state index in [1.54, 1.807) is 18.3 Å². The minimum Gasteiger partial charge on any atom is -0.399 e. The normalized spacial score (nSPS) is 10.5. The van der Waals surface area contributed by atoms with E-state index in [0.29, 0.717) is 11.3 Å². The van der Waals surface area contributed by atoms with Crippen molar-refractivity contribution in [2.75, 3.05) is 11.1 Å². The van der Waals surface area contributed by atoms with Gasteiger partial charge in [0, 0.05) is 28.5 Å². The summed E-state index contributed by atoms with van der Waals surface area (Å²) in [7, 11) is 0. The Morgan fingerprint density at radius 2 is 2.00 bits per heavy atom. The Labute approximate surface area is 122 Å². The number of amides is 1. The predicted octanol–water partition coefficient (Wildman–Crippen LogP) is 3.38. The van der Waals surface area contributed by atoms with Crippen molar-refractivity contribution >= 4 is 28.2 Å². The second-order valence-electron chi connectivity index (χ2n) is 4.94. The summed E-state index contributed by atoms with van der Waals surface area (Å²) in [6.45, 7) is 1.91. The van der Waals surface area contributed by atoms with Gasteiger partial charge >= 0.3 is 0 Å². The average molecular weight is 277 g/mol. The molecule has 3 N–H and O–H groups in total. The summed E-state index contributed by atoms with van der Waals surface area (Å²) in [5.41, 5.74) is 9.57. The highest BCUT2D eigenvalue weighted by Crippen LogP contribution is 2.19. The summed E-state index contributed by atoms with van der Waals surface area (Å²) < 4.78 is 0. The van der Waals surface area contributed by atoms with Crippen molar-refractivity contribution in [3.63, 3.8) is 0 Å². The monoisotopic (exact) mass is 277 g/mol. The van der Waals surface area contributed by atoms with Gasteiger partial charge in [-0.15, -0.1) is 0 Å². The molecule has 1 heterocycles. The van der Waals surface area contributed by atoms with E-state index in [9.17, 15) is 4.79 Å². The van der Waals surface area contributed by atoms with Crippen molar-refractivity contribution < 1.29 is 4.79 Å². The summed E-state index contributed by atoms with van der Waals surface area (Å²) in [5, 5.41) is 3.85. The number of nitrogen functional groups attached to an aromatic ring is 1. The molecule has 0 saturated carbocycles. The minimum absolute atomic E-state index is 0.145. The first kappa shape index (κ1) is 13.1. The molecule has 0 saturated heterocycles. The second kappa shape index (κ2) is 5.25. The van der Waals surface area contributed by atoms with E-state index >= 15 is 0 Å². The molecule has 1 aromatic heterocycles. The van der Waals surface area contributed by atoms with Gasteiger partial charge in [0.15, 0.2) is 0 Å². The number of nitrogens with two attached hydrogens (primary N) is 1. The van der Waals surface area contributed by atoms with Gasteiger partial charge in [-0.2, -0.15) is 0 Å². The number of nitrogens with one attached hydrogen (secondary N) is 1. The Kier molecular flexibility index (Phi) is 3.28. The topological polar surface area (TPSA) is 68.0 Å². The Hall–Kier alpha value is -2.88. The van der Waals surface area contributed by atoms with E-state index in [1.165, 1.54) is 0 Å². The van der Waals surface area contributed by atoms with Crippen LogP contribution in [0.25, 0.3) is 10.9 Å². The molecule has 0 aliphatic rings. The van der Waals surface area contributed by atoms with Gasteiger partial charge in [-0.3, -0.25) is 9.78 Å². The van der Waals surface area contributed by atoms with Crippen LogP contribution in [0.4, 0.5) is 11.4 Å². The predicted molar refractivity (Wildman–Crippen MR) is 85.3 cm³/mol. The molecule has 3 rings (SSSR count). The molecule has 0 radical (unpaired) electrons. The number of carbonyl (C=O) groups is 1. The highest BCUT2D eigenvalue weighted by Gasteiger charge is 2.08. The number of nitrogens with zero attached hydrogens (tertiary/aromatic N) is 1. The summed E-state index contributed by atoms with van der Waals surface area (Å²) in [6.07, 6.45) is 1.74. The third-order valence-electron chi connectivity index (χ3n) is 3.36. The van der Waals surface area contributed by atoms with Crippen molar-refractivity contribution in [1.29, 1.82) is 0 Å². The smallest absolute Gasteiger partial charge is 0.255 e. The van der Waals surface area contributed by atoms with Gasteiger partial charge in [0.2, 0.25) is 0 Å². The lowest BCUT2D eigenvalue weighted by molar-refractivity contribution is 0.102. The van der Waals surface area contributed by atoms with Crippen molar-refractivity contribution in [1.82, 2.24) is 4.98 Å². The number of hydrogen-bond acceptors (Lipinski definition) is 3. The highest BCUT2D eigenvalue weighted by molar-refractivity contribution is 6.06. The summed E-state index contributed by atoms with van der Waals surface area (Å²) in [5.74, 6) is -0.145. The zero-order valence-electron chi connectivity index (χ0n) is 11.6. The second-order valence-corrected chi connectivity index (χ2v) is 4.94. The van der Waals surface area contributed by atoms with E-state index in [1.807, 2.05) is 43.3 Å². The van der Waals surface area contributed by atoms with E-state index in [2.05, 4.69) is 10.3 Å². The number of anilines is 2. The van der Waals surface area contributed by atoms with Gasteiger partial charge in [-0.05, 0) is 55.0 Å². The molecule has 0 bridgehead atoms. The Morgan fingerprint density at radius 3 is 2.81 bits per heavy atom. The van der Waals surface area contributed by atoms with Crippen LogP contribution in [0.2, 0.25) is 0 Å². The number of aromatic nitrogens is 1. The molecule has 0 unspecified atom stereocenters. The van der Waals surface area contributed by atoms with Crippen LogP contribution in [0.15, 0.2) is 54.7 Å². The minimum atomic E-state index is -0.145. The van der Waals surface area contributed by atoms with Crippen LogP contribution in [0.5, 0.6) is 0 Å². The maximum Gasteiger partial charge on any atom is 0.255 e. The van der Waals surface area contributed by atoms with Crippen molar-refractivity contribution in [3.8, 4) is 0 Å². The lowest BCUT2D eigenvalue weighted by atomic mass is 10.1. The van der Waals surface area contributed by atoms with E-state index in [0.717, 1.165) is 22.2 Å². The van der Waals surface area contributed by atoms with Crippen LogP contribution in [0, 0.1) is 6.92 Å². The van der Waals surface area contributed by atoms with Crippen molar-refractivity contribution in [2.45, 2.75) is 6.92 Å². The molecule has 0 spiro atoms. The fraction of sp³-hybridized carbons (Fsp3) is 0.0588. The van der Waals surface area contributed by atoms with Crippen molar-refractivity contribution in [3.05, 3.63) is 65.9 Å². The van der Waals surface area contributed by atoms with E-state index in [4.69, 9.17) is 5.73 Å². The molecule has 2 aromatic carbocycles. The molecule has 0 aliphatic heterocycles. The summed E-state index contributed by atoms with van der Waals surface area (Å²) >= 11 is 0. The number of aryl methyl sites for hydroxylation is 1. The maximum absolute atomic E-state index is 12.3. The van der Waals surface area contributed by atoms with Crippen LogP contribution < -0.4 is 11.1 Å². The number of carbonyl (C=O) groups excluding carboxylic acids is 1. The van der Waals surface area contributed by atoms with E-state index in [-0.39, 0.29) is 5.91 Å². The van der Waals surface area contributed by atoms with Crippen LogP contribution >= 0.6 is 0 Å². The zero-order chi connectivity index (χ0) is 14.8. The average Bonchev–Trinajstić information content (AvgIpc) is 2.49. The summed E-state index contributed by atoms with van der Waals surface area (Å²) in [6, 6.07) is 14.7. The number of rotatable bonds is 2. The molecule has 3 aromatic rings.